The monoisotopic (exact) mass is 461 g/mol. The molecule has 0 unspecified atom stereocenters. The number of hydrogen-bond acceptors (Lipinski definition) is 3. The minimum absolute atomic E-state index is 0.124. The Hall–Kier alpha value is -4.64. The van der Waals surface area contributed by atoms with Gasteiger partial charge in [0.1, 0.15) is 5.75 Å². The molecule has 35 heavy (non-hydrogen) atoms. The highest BCUT2D eigenvalue weighted by atomic mass is 16.5. The minimum Gasteiger partial charge on any atom is -0.497 e. The summed E-state index contributed by atoms with van der Waals surface area (Å²) in [6.45, 7) is 0.269. The van der Waals surface area contributed by atoms with Gasteiger partial charge in [0.15, 0.2) is 0 Å². The molecule has 5 heteroatoms. The Labute approximate surface area is 203 Å². The Balaban J connectivity index is 1.68. The van der Waals surface area contributed by atoms with Gasteiger partial charge in [0.25, 0.3) is 5.91 Å². The van der Waals surface area contributed by atoms with Crippen molar-refractivity contribution in [2.45, 2.75) is 6.54 Å². The number of nitrogens with zero attached hydrogens (tertiary/aromatic N) is 1. The highest BCUT2D eigenvalue weighted by Gasteiger charge is 2.35. The molecule has 1 aliphatic rings. The van der Waals surface area contributed by atoms with Crippen LogP contribution in [-0.4, -0.2) is 24.1 Å². The summed E-state index contributed by atoms with van der Waals surface area (Å²) < 4.78 is 5.33. The second-order valence-corrected chi connectivity index (χ2v) is 8.26. The van der Waals surface area contributed by atoms with Gasteiger partial charge < -0.3 is 14.7 Å². The lowest BCUT2D eigenvalue weighted by molar-refractivity contribution is -0.113. The van der Waals surface area contributed by atoms with E-state index in [1.54, 1.807) is 30.2 Å². The van der Waals surface area contributed by atoms with Crippen LogP contribution in [0.15, 0.2) is 103 Å². The lowest BCUT2D eigenvalue weighted by Gasteiger charge is -2.18. The van der Waals surface area contributed by atoms with Crippen molar-refractivity contribution < 1.29 is 19.4 Å². The first kappa shape index (κ1) is 22.2. The molecule has 172 valence electrons. The first-order valence-corrected chi connectivity index (χ1v) is 11.2. The average molecular weight is 462 g/mol. The summed E-state index contributed by atoms with van der Waals surface area (Å²) >= 11 is 0. The number of benzene rings is 4. The molecule has 0 fully saturated rings. The molecule has 0 atom stereocenters. The molecule has 0 bridgehead atoms. The smallest absolute Gasteiger partial charge is 0.335 e. The Morgan fingerprint density at radius 1 is 0.800 bits per heavy atom. The minimum atomic E-state index is -0.994. The number of fused-ring (bicyclic) bond motifs is 1. The van der Waals surface area contributed by atoms with Gasteiger partial charge in [0, 0.05) is 11.1 Å². The number of para-hydroxylation sites is 1. The highest BCUT2D eigenvalue weighted by molar-refractivity contribution is 6.38. The van der Waals surface area contributed by atoms with E-state index in [-0.39, 0.29) is 18.0 Å². The number of anilines is 1. The molecule has 1 aliphatic heterocycles. The van der Waals surface area contributed by atoms with Gasteiger partial charge in [-0.15, -0.1) is 0 Å². The van der Waals surface area contributed by atoms with Crippen LogP contribution in [0.5, 0.6) is 5.75 Å². The summed E-state index contributed by atoms with van der Waals surface area (Å²) in [5, 5.41) is 9.39. The second-order valence-electron chi connectivity index (χ2n) is 8.26. The summed E-state index contributed by atoms with van der Waals surface area (Å²) in [6.07, 6.45) is 0. The number of carboxylic acid groups (broad SMARTS) is 1. The number of methoxy groups -OCH3 is 1. The van der Waals surface area contributed by atoms with E-state index in [1.165, 1.54) is 0 Å². The molecule has 1 N–H and O–H groups in total. The van der Waals surface area contributed by atoms with E-state index in [4.69, 9.17) is 4.74 Å². The van der Waals surface area contributed by atoms with Gasteiger partial charge in [0.2, 0.25) is 0 Å². The van der Waals surface area contributed by atoms with E-state index < -0.39 is 5.97 Å². The van der Waals surface area contributed by atoms with Crippen molar-refractivity contribution in [3.8, 4) is 5.75 Å². The van der Waals surface area contributed by atoms with Gasteiger partial charge in [-0.25, -0.2) is 4.79 Å². The van der Waals surface area contributed by atoms with Crippen LogP contribution in [-0.2, 0) is 11.3 Å². The maximum absolute atomic E-state index is 14.0. The molecular weight excluding hydrogens is 438 g/mol. The molecule has 4 aromatic rings. The average Bonchev–Trinajstić information content (AvgIpc) is 3.16. The Bertz CT molecular complexity index is 1440. The number of aromatic carboxylic acids is 1. The molecule has 5 rings (SSSR count). The van der Waals surface area contributed by atoms with Gasteiger partial charge >= 0.3 is 5.97 Å². The number of rotatable bonds is 6. The Morgan fingerprint density at radius 3 is 2.17 bits per heavy atom. The van der Waals surface area contributed by atoms with Crippen LogP contribution >= 0.6 is 0 Å². The first-order chi connectivity index (χ1) is 17.1. The van der Waals surface area contributed by atoms with E-state index in [1.807, 2.05) is 84.9 Å². The SMILES string of the molecule is COc1ccc(C(=C2C(=O)N(Cc3cccc(C(=O)O)c3)c3ccccc32)c2ccccc2)cc1. The van der Waals surface area contributed by atoms with Gasteiger partial charge in [-0.3, -0.25) is 4.79 Å². The van der Waals surface area contributed by atoms with Crippen molar-refractivity contribution >= 4 is 28.7 Å². The summed E-state index contributed by atoms with van der Waals surface area (Å²) in [5.41, 5.74) is 5.90. The lowest BCUT2D eigenvalue weighted by Crippen LogP contribution is -2.26. The molecule has 0 saturated carbocycles. The summed E-state index contributed by atoms with van der Waals surface area (Å²) in [4.78, 5) is 27.2. The molecule has 1 amide bonds. The van der Waals surface area contributed by atoms with Crippen molar-refractivity contribution in [1.29, 1.82) is 0 Å². The normalized spacial score (nSPS) is 14.0. The zero-order valence-electron chi connectivity index (χ0n) is 19.1. The number of carbonyl (C=O) groups excluding carboxylic acids is 1. The number of carbonyl (C=O) groups is 2. The van der Waals surface area contributed by atoms with Crippen molar-refractivity contribution in [3.63, 3.8) is 0 Å². The lowest BCUT2D eigenvalue weighted by atomic mass is 9.90. The zero-order valence-corrected chi connectivity index (χ0v) is 19.1. The van der Waals surface area contributed by atoms with Crippen LogP contribution in [0.25, 0.3) is 11.1 Å². The van der Waals surface area contributed by atoms with Crippen molar-refractivity contribution in [2.24, 2.45) is 0 Å². The highest BCUT2D eigenvalue weighted by Crippen LogP contribution is 2.43. The molecule has 0 aromatic heterocycles. The van der Waals surface area contributed by atoms with E-state index in [0.717, 1.165) is 39.3 Å². The molecule has 0 aliphatic carbocycles. The number of amides is 1. The van der Waals surface area contributed by atoms with Crippen molar-refractivity contribution in [1.82, 2.24) is 0 Å². The number of carboxylic acids is 1. The third-order valence-electron chi connectivity index (χ3n) is 6.13. The molecule has 0 spiro atoms. The summed E-state index contributed by atoms with van der Waals surface area (Å²) in [5.74, 6) is -0.377. The summed E-state index contributed by atoms with van der Waals surface area (Å²) in [7, 11) is 1.62. The van der Waals surface area contributed by atoms with Crippen LogP contribution < -0.4 is 9.64 Å². The maximum atomic E-state index is 14.0. The standard InChI is InChI=1S/C30H23NO4/c1-35-24-16-14-22(15-17-24)27(21-9-3-2-4-10-21)28-25-12-5-6-13-26(25)31(29(28)32)19-20-8-7-11-23(18-20)30(33)34/h2-18H,19H2,1H3,(H,33,34). The second kappa shape index (κ2) is 9.31. The third kappa shape index (κ3) is 4.20. The van der Waals surface area contributed by atoms with Gasteiger partial charge in [-0.05, 0) is 47.0 Å². The predicted molar refractivity (Wildman–Crippen MR) is 136 cm³/mol. The fourth-order valence-corrected chi connectivity index (χ4v) is 4.48. The fourth-order valence-electron chi connectivity index (χ4n) is 4.48. The van der Waals surface area contributed by atoms with E-state index in [9.17, 15) is 14.7 Å². The molecular formula is C30H23NO4. The van der Waals surface area contributed by atoms with Gasteiger partial charge in [-0.2, -0.15) is 0 Å². The van der Waals surface area contributed by atoms with Crippen LogP contribution in [0.1, 0.15) is 32.6 Å². The molecule has 0 radical (unpaired) electrons. The van der Waals surface area contributed by atoms with E-state index >= 15 is 0 Å². The maximum Gasteiger partial charge on any atom is 0.335 e. The Morgan fingerprint density at radius 2 is 1.46 bits per heavy atom. The Kier molecular flexibility index (Phi) is 5.90. The zero-order chi connectivity index (χ0) is 24.4. The quantitative estimate of drug-likeness (QED) is 0.363. The number of ether oxygens (including phenoxy) is 1. The summed E-state index contributed by atoms with van der Waals surface area (Å²) in [6, 6.07) is 32.0. The van der Waals surface area contributed by atoms with Crippen LogP contribution in [0.3, 0.4) is 0 Å². The topological polar surface area (TPSA) is 66.8 Å². The molecule has 4 aromatic carbocycles. The van der Waals surface area contributed by atoms with Gasteiger partial charge in [0.05, 0.1) is 30.5 Å². The van der Waals surface area contributed by atoms with Crippen LogP contribution in [0.4, 0.5) is 5.69 Å². The molecule has 5 nitrogen and oxygen atoms in total. The van der Waals surface area contributed by atoms with Crippen LogP contribution in [0.2, 0.25) is 0 Å². The fraction of sp³-hybridized carbons (Fsp3) is 0.0667. The van der Waals surface area contributed by atoms with Crippen molar-refractivity contribution in [3.05, 3.63) is 131 Å². The first-order valence-electron chi connectivity index (χ1n) is 11.2. The molecule has 1 heterocycles. The van der Waals surface area contributed by atoms with Crippen LogP contribution in [0, 0.1) is 0 Å². The van der Waals surface area contributed by atoms with E-state index in [2.05, 4.69) is 0 Å². The number of hydrogen-bond donors (Lipinski definition) is 1. The largest absolute Gasteiger partial charge is 0.497 e. The molecule has 0 saturated heterocycles. The van der Waals surface area contributed by atoms with Gasteiger partial charge in [-0.1, -0.05) is 72.8 Å². The third-order valence-corrected chi connectivity index (χ3v) is 6.13. The van der Waals surface area contributed by atoms with E-state index in [0.29, 0.717) is 5.57 Å². The predicted octanol–water partition coefficient (Wildman–Crippen LogP) is 5.90. The van der Waals surface area contributed by atoms with Crippen molar-refractivity contribution in [2.75, 3.05) is 12.0 Å².